The van der Waals surface area contributed by atoms with Crippen molar-refractivity contribution < 1.29 is 9.47 Å². The van der Waals surface area contributed by atoms with E-state index in [9.17, 15) is 0 Å². The van der Waals surface area contributed by atoms with Crippen LogP contribution >= 0.6 is 24.0 Å². The molecule has 6 heteroatoms. The minimum atomic E-state index is 0. The average molecular weight is 447 g/mol. The third kappa shape index (κ3) is 5.43. The van der Waals surface area contributed by atoms with E-state index in [-0.39, 0.29) is 24.0 Å². The fourth-order valence-corrected chi connectivity index (χ4v) is 3.27. The number of halogens is 1. The van der Waals surface area contributed by atoms with Gasteiger partial charge in [0.05, 0.1) is 20.8 Å². The maximum atomic E-state index is 6.02. The lowest BCUT2D eigenvalue weighted by atomic mass is 9.83. The molecule has 24 heavy (non-hydrogen) atoms. The van der Waals surface area contributed by atoms with Gasteiger partial charge in [-0.25, -0.2) is 4.99 Å². The molecule has 0 radical (unpaired) electrons. The number of rotatable bonds is 7. The molecule has 1 aromatic carbocycles. The molecule has 0 unspecified atom stereocenters. The van der Waals surface area contributed by atoms with E-state index in [0.29, 0.717) is 23.7 Å². The molecule has 0 bridgehead atoms. The molecule has 1 fully saturated rings. The summed E-state index contributed by atoms with van der Waals surface area (Å²) in [5.41, 5.74) is 7.47. The van der Waals surface area contributed by atoms with Crippen molar-refractivity contribution in [2.45, 2.75) is 45.6 Å². The molecular weight excluding hydrogens is 417 g/mol. The van der Waals surface area contributed by atoms with Gasteiger partial charge in [-0.3, -0.25) is 0 Å². The number of nitrogens with one attached hydrogen (secondary N) is 1. The van der Waals surface area contributed by atoms with Crippen LogP contribution in [0.3, 0.4) is 0 Å². The Morgan fingerprint density at radius 1 is 1.21 bits per heavy atom. The second-order valence-electron chi connectivity index (χ2n) is 6.31. The highest BCUT2D eigenvalue weighted by Crippen LogP contribution is 2.40. The molecule has 0 heterocycles. The number of hydrogen-bond donors (Lipinski definition) is 2. The molecule has 0 atom stereocenters. The zero-order valence-electron chi connectivity index (χ0n) is 14.9. The normalized spacial score (nSPS) is 16.4. The third-order valence-corrected chi connectivity index (χ3v) is 4.94. The number of hydrogen-bond acceptors (Lipinski definition) is 3. The Bertz CT molecular complexity index is 543. The van der Waals surface area contributed by atoms with Gasteiger partial charge < -0.3 is 20.5 Å². The second kappa shape index (κ2) is 9.96. The summed E-state index contributed by atoms with van der Waals surface area (Å²) < 4.78 is 10.5. The lowest BCUT2D eigenvalue weighted by Gasteiger charge is -2.27. The zero-order valence-corrected chi connectivity index (χ0v) is 17.3. The maximum absolute atomic E-state index is 6.02. The SMILES string of the molecule is CCC1(CNC(N)=NCc2ccc(OC)c(OC)c2)CCCC1.I. The Balaban J connectivity index is 0.00000288. The number of benzene rings is 1. The standard InChI is InChI=1S/C18H29N3O2.HI/c1-4-18(9-5-6-10-18)13-21-17(19)20-12-14-7-8-15(22-2)16(11-14)23-3;/h7-8,11H,4-6,9-10,12-13H2,1-3H3,(H3,19,20,21);1H. The van der Waals surface area contributed by atoms with E-state index < -0.39 is 0 Å². The molecule has 1 saturated carbocycles. The lowest BCUT2D eigenvalue weighted by Crippen LogP contribution is -2.39. The van der Waals surface area contributed by atoms with Gasteiger partial charge in [-0.15, -0.1) is 24.0 Å². The molecule has 0 amide bonds. The molecular formula is C18H30IN3O2. The van der Waals surface area contributed by atoms with Crippen molar-refractivity contribution in [1.29, 1.82) is 0 Å². The van der Waals surface area contributed by atoms with Crippen molar-refractivity contribution in [3.63, 3.8) is 0 Å². The van der Waals surface area contributed by atoms with Crippen LogP contribution in [0, 0.1) is 5.41 Å². The number of methoxy groups -OCH3 is 2. The zero-order chi connectivity index (χ0) is 16.7. The van der Waals surface area contributed by atoms with E-state index in [1.165, 1.54) is 32.1 Å². The number of ether oxygens (including phenoxy) is 2. The van der Waals surface area contributed by atoms with Gasteiger partial charge in [0.15, 0.2) is 17.5 Å². The second-order valence-corrected chi connectivity index (χ2v) is 6.31. The Morgan fingerprint density at radius 3 is 2.46 bits per heavy atom. The summed E-state index contributed by atoms with van der Waals surface area (Å²) in [4.78, 5) is 4.44. The molecule has 1 aliphatic carbocycles. The molecule has 0 spiro atoms. The highest BCUT2D eigenvalue weighted by atomic mass is 127. The van der Waals surface area contributed by atoms with Crippen LogP contribution in [0.5, 0.6) is 11.5 Å². The van der Waals surface area contributed by atoms with Gasteiger partial charge in [-0.2, -0.15) is 0 Å². The van der Waals surface area contributed by atoms with E-state index in [4.69, 9.17) is 15.2 Å². The van der Waals surface area contributed by atoms with Crippen molar-refractivity contribution in [3.8, 4) is 11.5 Å². The highest BCUT2D eigenvalue weighted by Gasteiger charge is 2.31. The fourth-order valence-electron chi connectivity index (χ4n) is 3.27. The Hall–Kier alpha value is -1.18. The van der Waals surface area contributed by atoms with Crippen LogP contribution in [0.4, 0.5) is 0 Å². The predicted octanol–water partition coefficient (Wildman–Crippen LogP) is 3.70. The minimum absolute atomic E-state index is 0. The summed E-state index contributed by atoms with van der Waals surface area (Å²) in [5, 5.41) is 3.31. The number of aliphatic imine (C=N–C) groups is 1. The average Bonchev–Trinajstić information content (AvgIpc) is 3.07. The molecule has 0 aromatic heterocycles. The van der Waals surface area contributed by atoms with Crippen LogP contribution in [-0.2, 0) is 6.54 Å². The van der Waals surface area contributed by atoms with Gasteiger partial charge in [-0.05, 0) is 42.4 Å². The summed E-state index contributed by atoms with van der Waals surface area (Å²) >= 11 is 0. The van der Waals surface area contributed by atoms with Crippen molar-refractivity contribution in [2.24, 2.45) is 16.1 Å². The number of nitrogens with two attached hydrogens (primary N) is 1. The van der Waals surface area contributed by atoms with E-state index >= 15 is 0 Å². The van der Waals surface area contributed by atoms with E-state index in [2.05, 4.69) is 17.2 Å². The van der Waals surface area contributed by atoms with Crippen molar-refractivity contribution in [1.82, 2.24) is 5.32 Å². The number of nitrogens with zero attached hydrogens (tertiary/aromatic N) is 1. The molecule has 3 N–H and O–H groups in total. The van der Waals surface area contributed by atoms with Gasteiger partial charge in [-0.1, -0.05) is 25.8 Å². The first-order chi connectivity index (χ1) is 11.1. The molecule has 0 aliphatic heterocycles. The van der Waals surface area contributed by atoms with Crippen molar-refractivity contribution in [2.75, 3.05) is 20.8 Å². The summed E-state index contributed by atoms with van der Waals surface area (Å²) in [6, 6.07) is 5.79. The van der Waals surface area contributed by atoms with Crippen LogP contribution in [-0.4, -0.2) is 26.7 Å². The van der Waals surface area contributed by atoms with Crippen molar-refractivity contribution >= 4 is 29.9 Å². The van der Waals surface area contributed by atoms with Gasteiger partial charge in [0.2, 0.25) is 0 Å². The van der Waals surface area contributed by atoms with Crippen LogP contribution in [0.2, 0.25) is 0 Å². The van der Waals surface area contributed by atoms with Gasteiger partial charge in [0, 0.05) is 6.54 Å². The van der Waals surface area contributed by atoms with E-state index in [0.717, 1.165) is 17.9 Å². The monoisotopic (exact) mass is 447 g/mol. The summed E-state index contributed by atoms with van der Waals surface area (Å²) in [7, 11) is 3.26. The lowest BCUT2D eigenvalue weighted by molar-refractivity contribution is 0.284. The smallest absolute Gasteiger partial charge is 0.188 e. The number of guanidine groups is 1. The topological polar surface area (TPSA) is 68.9 Å². The Kier molecular flexibility index (Phi) is 8.66. The first-order valence-corrected chi connectivity index (χ1v) is 8.37. The van der Waals surface area contributed by atoms with Crippen molar-refractivity contribution in [3.05, 3.63) is 23.8 Å². The van der Waals surface area contributed by atoms with Gasteiger partial charge in [0.1, 0.15) is 0 Å². The first kappa shape index (κ1) is 20.9. The van der Waals surface area contributed by atoms with E-state index in [1.807, 2.05) is 18.2 Å². The molecule has 136 valence electrons. The molecule has 5 nitrogen and oxygen atoms in total. The van der Waals surface area contributed by atoms with Crippen LogP contribution in [0.15, 0.2) is 23.2 Å². The molecule has 1 aromatic rings. The highest BCUT2D eigenvalue weighted by molar-refractivity contribution is 14.0. The van der Waals surface area contributed by atoms with Gasteiger partial charge >= 0.3 is 0 Å². The van der Waals surface area contributed by atoms with E-state index in [1.54, 1.807) is 14.2 Å². The first-order valence-electron chi connectivity index (χ1n) is 8.37. The van der Waals surface area contributed by atoms with Crippen LogP contribution in [0.25, 0.3) is 0 Å². The molecule has 0 saturated heterocycles. The Morgan fingerprint density at radius 2 is 1.88 bits per heavy atom. The maximum Gasteiger partial charge on any atom is 0.188 e. The predicted molar refractivity (Wildman–Crippen MR) is 109 cm³/mol. The molecule has 2 rings (SSSR count). The third-order valence-electron chi connectivity index (χ3n) is 4.94. The molecule has 1 aliphatic rings. The minimum Gasteiger partial charge on any atom is -0.493 e. The summed E-state index contributed by atoms with van der Waals surface area (Å²) in [6.45, 7) is 3.72. The summed E-state index contributed by atoms with van der Waals surface area (Å²) in [5.74, 6) is 1.94. The quantitative estimate of drug-likeness (QED) is 0.380. The fraction of sp³-hybridized carbons (Fsp3) is 0.611. The van der Waals surface area contributed by atoms with Crippen LogP contribution in [0.1, 0.15) is 44.6 Å². The summed E-state index contributed by atoms with van der Waals surface area (Å²) in [6.07, 6.45) is 6.44. The van der Waals surface area contributed by atoms with Crippen LogP contribution < -0.4 is 20.5 Å². The Labute approximate surface area is 162 Å². The van der Waals surface area contributed by atoms with Gasteiger partial charge in [0.25, 0.3) is 0 Å². The largest absolute Gasteiger partial charge is 0.493 e.